The predicted octanol–water partition coefficient (Wildman–Crippen LogP) is 2.34. The molecule has 0 aliphatic heterocycles. The lowest BCUT2D eigenvalue weighted by Crippen LogP contribution is -2.38. The normalized spacial score (nSPS) is 14.2. The molecule has 0 aliphatic carbocycles. The molecule has 0 spiro atoms. The van der Waals surface area contributed by atoms with Gasteiger partial charge in [-0.1, -0.05) is 6.07 Å². The van der Waals surface area contributed by atoms with E-state index < -0.39 is 17.2 Å². The van der Waals surface area contributed by atoms with Crippen LogP contribution >= 0.6 is 0 Å². The summed E-state index contributed by atoms with van der Waals surface area (Å²) in [5.41, 5.74) is -0.482. The highest BCUT2D eigenvalue weighted by Crippen LogP contribution is 2.30. The second-order valence-corrected chi connectivity index (χ2v) is 4.69. The van der Waals surface area contributed by atoms with Crippen LogP contribution in [0.4, 0.5) is 8.78 Å². The summed E-state index contributed by atoms with van der Waals surface area (Å²) in [6.45, 7) is 3.28. The molecular weight excluding hydrogens is 212 g/mol. The fraction of sp³-hybridized carbons (Fsp3) is 0.500. The fourth-order valence-electron chi connectivity index (χ4n) is 2.02. The third-order valence-corrected chi connectivity index (χ3v) is 2.44. The zero-order chi connectivity index (χ0) is 12.5. The smallest absolute Gasteiger partial charge is 0.159 e. The monoisotopic (exact) mass is 229 g/mol. The summed E-state index contributed by atoms with van der Waals surface area (Å²) in [6, 6.07) is 3.30. The van der Waals surface area contributed by atoms with Gasteiger partial charge in [0.1, 0.15) is 0 Å². The molecule has 1 aromatic carbocycles. The minimum atomic E-state index is -1.03. The maximum atomic E-state index is 13.1. The zero-order valence-electron chi connectivity index (χ0n) is 9.96. The van der Waals surface area contributed by atoms with Crippen molar-refractivity contribution in [3.05, 3.63) is 35.4 Å². The van der Waals surface area contributed by atoms with E-state index in [9.17, 15) is 13.9 Å². The Bertz CT molecular complexity index is 372. The van der Waals surface area contributed by atoms with Crippen LogP contribution in [0.2, 0.25) is 0 Å². The van der Waals surface area contributed by atoms with Crippen LogP contribution < -0.4 is 0 Å². The summed E-state index contributed by atoms with van der Waals surface area (Å²) in [5.74, 6) is -1.77. The molecule has 0 saturated heterocycles. The lowest BCUT2D eigenvalue weighted by molar-refractivity contribution is -0.00329. The number of benzene rings is 1. The van der Waals surface area contributed by atoms with Crippen LogP contribution in [0.3, 0.4) is 0 Å². The minimum Gasteiger partial charge on any atom is -0.388 e. The van der Waals surface area contributed by atoms with Crippen molar-refractivity contribution in [1.82, 2.24) is 4.90 Å². The van der Waals surface area contributed by atoms with Gasteiger partial charge < -0.3 is 5.11 Å². The molecule has 0 saturated carbocycles. The van der Waals surface area contributed by atoms with E-state index >= 15 is 0 Å². The Labute approximate surface area is 94.5 Å². The van der Waals surface area contributed by atoms with Crippen LogP contribution in [0.1, 0.15) is 25.5 Å². The highest BCUT2D eigenvalue weighted by atomic mass is 19.2. The molecule has 0 aliphatic rings. The van der Waals surface area contributed by atoms with Crippen molar-refractivity contribution in [2.45, 2.75) is 25.5 Å². The van der Waals surface area contributed by atoms with Gasteiger partial charge in [-0.2, -0.15) is 0 Å². The van der Waals surface area contributed by atoms with E-state index in [1.54, 1.807) is 32.8 Å². The second-order valence-electron chi connectivity index (χ2n) is 4.69. The molecule has 1 atom stereocenters. The number of nitrogens with zero attached hydrogens (tertiary/aromatic N) is 1. The quantitative estimate of drug-likeness (QED) is 0.860. The van der Waals surface area contributed by atoms with E-state index in [4.69, 9.17) is 0 Å². The van der Waals surface area contributed by atoms with Crippen molar-refractivity contribution in [3.63, 3.8) is 0 Å². The van der Waals surface area contributed by atoms with Gasteiger partial charge in [0.25, 0.3) is 0 Å². The highest BCUT2D eigenvalue weighted by Gasteiger charge is 2.30. The van der Waals surface area contributed by atoms with Gasteiger partial charge in [-0.3, -0.25) is 4.90 Å². The molecule has 0 radical (unpaired) electrons. The Kier molecular flexibility index (Phi) is 3.65. The molecule has 0 aromatic heterocycles. The van der Waals surface area contributed by atoms with Gasteiger partial charge in [0, 0.05) is 0 Å². The summed E-state index contributed by atoms with van der Waals surface area (Å²) in [4.78, 5) is 1.77. The van der Waals surface area contributed by atoms with Crippen LogP contribution in [-0.4, -0.2) is 29.7 Å². The van der Waals surface area contributed by atoms with Crippen molar-refractivity contribution in [2.24, 2.45) is 0 Å². The fourth-order valence-corrected chi connectivity index (χ4v) is 2.02. The number of aliphatic hydroxyl groups is 1. The average Bonchev–Trinajstić information content (AvgIpc) is 2.08. The molecule has 4 heteroatoms. The van der Waals surface area contributed by atoms with E-state index in [-0.39, 0.29) is 6.04 Å². The molecule has 1 aromatic rings. The maximum absolute atomic E-state index is 13.1. The Morgan fingerprint density at radius 3 is 2.12 bits per heavy atom. The van der Waals surface area contributed by atoms with Gasteiger partial charge in [-0.05, 0) is 45.6 Å². The third-order valence-electron chi connectivity index (χ3n) is 2.44. The van der Waals surface area contributed by atoms with Gasteiger partial charge in [-0.15, -0.1) is 0 Å². The first-order chi connectivity index (χ1) is 7.23. The molecule has 0 heterocycles. The van der Waals surface area contributed by atoms with Crippen LogP contribution in [0.15, 0.2) is 18.2 Å². The van der Waals surface area contributed by atoms with Crippen molar-refractivity contribution in [3.8, 4) is 0 Å². The molecular formula is C12H17F2NO. The summed E-state index contributed by atoms with van der Waals surface area (Å²) in [7, 11) is 3.56. The maximum Gasteiger partial charge on any atom is 0.159 e. The molecule has 16 heavy (non-hydrogen) atoms. The highest BCUT2D eigenvalue weighted by molar-refractivity contribution is 5.23. The van der Waals surface area contributed by atoms with Crippen molar-refractivity contribution in [2.75, 3.05) is 14.1 Å². The van der Waals surface area contributed by atoms with Gasteiger partial charge in [-0.25, -0.2) is 8.78 Å². The number of hydrogen-bond donors (Lipinski definition) is 1. The Hall–Kier alpha value is -1.00. The lowest BCUT2D eigenvalue weighted by Gasteiger charge is -2.35. The van der Waals surface area contributed by atoms with E-state index in [2.05, 4.69) is 0 Å². The molecule has 1 N–H and O–H groups in total. The number of hydrogen-bond acceptors (Lipinski definition) is 2. The van der Waals surface area contributed by atoms with Gasteiger partial charge >= 0.3 is 0 Å². The number of halogens is 2. The average molecular weight is 229 g/mol. The zero-order valence-corrected chi connectivity index (χ0v) is 9.96. The van der Waals surface area contributed by atoms with Gasteiger partial charge in [0.15, 0.2) is 11.6 Å². The van der Waals surface area contributed by atoms with Gasteiger partial charge in [0.2, 0.25) is 0 Å². The topological polar surface area (TPSA) is 23.5 Å². The number of rotatable bonds is 3. The van der Waals surface area contributed by atoms with Crippen LogP contribution in [0, 0.1) is 11.6 Å². The van der Waals surface area contributed by atoms with Crippen molar-refractivity contribution in [1.29, 1.82) is 0 Å². The molecule has 90 valence electrons. The lowest BCUT2D eigenvalue weighted by atomic mass is 9.91. The summed E-state index contributed by atoms with van der Waals surface area (Å²) in [6.07, 6.45) is 0. The molecule has 0 bridgehead atoms. The third kappa shape index (κ3) is 2.77. The number of likely N-dealkylation sites (N-methyl/N-ethyl adjacent to an activating group) is 1. The molecule has 1 rings (SSSR count). The Balaban J connectivity index is 3.17. The Morgan fingerprint density at radius 2 is 1.75 bits per heavy atom. The van der Waals surface area contributed by atoms with Crippen LogP contribution in [0.5, 0.6) is 0 Å². The Morgan fingerprint density at radius 1 is 1.19 bits per heavy atom. The SMILES string of the molecule is CN(C)C(c1ccc(F)c(F)c1)C(C)(C)O. The summed E-state index contributed by atoms with van der Waals surface area (Å²) < 4.78 is 25.9. The van der Waals surface area contributed by atoms with E-state index in [1.807, 2.05) is 0 Å². The largest absolute Gasteiger partial charge is 0.388 e. The summed E-state index contributed by atoms with van der Waals surface area (Å²) in [5, 5.41) is 10.0. The molecule has 2 nitrogen and oxygen atoms in total. The first-order valence-electron chi connectivity index (χ1n) is 5.07. The minimum absolute atomic E-state index is 0.386. The van der Waals surface area contributed by atoms with Crippen LogP contribution in [0.25, 0.3) is 0 Å². The van der Waals surface area contributed by atoms with E-state index in [0.29, 0.717) is 5.56 Å². The molecule has 0 amide bonds. The van der Waals surface area contributed by atoms with Crippen molar-refractivity contribution >= 4 is 0 Å². The summed E-state index contributed by atoms with van der Waals surface area (Å²) >= 11 is 0. The standard InChI is InChI=1S/C12H17F2NO/c1-12(2,16)11(15(3)4)8-5-6-9(13)10(14)7-8/h5-7,11,16H,1-4H3. The van der Waals surface area contributed by atoms with Crippen LogP contribution in [-0.2, 0) is 0 Å². The van der Waals surface area contributed by atoms with Crippen molar-refractivity contribution < 1.29 is 13.9 Å². The predicted molar refractivity (Wildman–Crippen MR) is 59.1 cm³/mol. The van der Waals surface area contributed by atoms with E-state index in [0.717, 1.165) is 12.1 Å². The van der Waals surface area contributed by atoms with Gasteiger partial charge in [0.05, 0.1) is 11.6 Å². The first-order valence-corrected chi connectivity index (χ1v) is 5.07. The second kappa shape index (κ2) is 4.47. The molecule has 1 unspecified atom stereocenters. The molecule has 0 fully saturated rings. The van der Waals surface area contributed by atoms with E-state index in [1.165, 1.54) is 6.07 Å². The first kappa shape index (κ1) is 13.1.